The highest BCUT2D eigenvalue weighted by Gasteiger charge is 2.44. The van der Waals surface area contributed by atoms with Crippen LogP contribution in [0.2, 0.25) is 0 Å². The number of aromatic nitrogens is 1. The summed E-state index contributed by atoms with van der Waals surface area (Å²) in [6.07, 6.45) is -6.98. The molecule has 0 aliphatic carbocycles. The Morgan fingerprint density at radius 1 is 1.14 bits per heavy atom. The second-order valence-electron chi connectivity index (χ2n) is 6.32. The molecular formula is C18H17NO8S. The Bertz CT molecular complexity index is 1020. The second kappa shape index (κ2) is 7.59. The van der Waals surface area contributed by atoms with Gasteiger partial charge in [0.2, 0.25) is 6.29 Å². The fourth-order valence-corrected chi connectivity index (χ4v) is 3.51. The minimum absolute atomic E-state index is 0.204. The van der Waals surface area contributed by atoms with Gasteiger partial charge in [0, 0.05) is 17.5 Å². The molecule has 0 bridgehead atoms. The summed E-state index contributed by atoms with van der Waals surface area (Å²) in [5.74, 6) is 0.513. The van der Waals surface area contributed by atoms with Crippen molar-refractivity contribution in [2.75, 3.05) is 6.61 Å². The van der Waals surface area contributed by atoms with Crippen LogP contribution in [0, 0.1) is 0 Å². The van der Waals surface area contributed by atoms with Crippen molar-refractivity contribution in [3.05, 3.63) is 45.4 Å². The van der Waals surface area contributed by atoms with Crippen molar-refractivity contribution in [2.45, 2.75) is 30.7 Å². The van der Waals surface area contributed by atoms with Crippen LogP contribution in [0.4, 0.5) is 0 Å². The third kappa shape index (κ3) is 3.41. The van der Waals surface area contributed by atoms with Gasteiger partial charge in [-0.05, 0) is 12.1 Å². The lowest BCUT2D eigenvalue weighted by atomic mass is 9.99. The summed E-state index contributed by atoms with van der Waals surface area (Å²) in [4.78, 5) is 16.5. The number of hydrogen-bond donors (Lipinski definition) is 4. The number of benzene rings is 1. The van der Waals surface area contributed by atoms with Crippen molar-refractivity contribution in [1.82, 2.24) is 4.98 Å². The zero-order chi connectivity index (χ0) is 19.8. The molecule has 0 radical (unpaired) electrons. The molecule has 1 saturated heterocycles. The van der Waals surface area contributed by atoms with Crippen LogP contribution in [0.25, 0.3) is 22.4 Å². The Morgan fingerprint density at radius 2 is 1.96 bits per heavy atom. The number of fused-ring (bicyclic) bond motifs is 1. The third-order valence-electron chi connectivity index (χ3n) is 4.49. The van der Waals surface area contributed by atoms with Crippen molar-refractivity contribution in [3.63, 3.8) is 0 Å². The molecule has 10 heteroatoms. The van der Waals surface area contributed by atoms with Gasteiger partial charge in [0.05, 0.1) is 17.5 Å². The van der Waals surface area contributed by atoms with Crippen LogP contribution in [0.3, 0.4) is 0 Å². The van der Waals surface area contributed by atoms with Crippen LogP contribution in [0.15, 0.2) is 44.4 Å². The Labute approximate surface area is 162 Å². The molecule has 0 amide bonds. The van der Waals surface area contributed by atoms with E-state index in [1.54, 1.807) is 10.9 Å². The van der Waals surface area contributed by atoms with Gasteiger partial charge in [-0.15, -0.1) is 11.3 Å². The van der Waals surface area contributed by atoms with E-state index in [1.807, 2.05) is 0 Å². The SMILES string of the molecule is O=c1cc(-c2cscn2)oc2cc(OC3OC(CO)C(O)C(O)C3O)ccc12. The van der Waals surface area contributed by atoms with Gasteiger partial charge in [-0.3, -0.25) is 4.79 Å². The molecule has 1 fully saturated rings. The van der Waals surface area contributed by atoms with Gasteiger partial charge in [0.15, 0.2) is 11.2 Å². The van der Waals surface area contributed by atoms with E-state index in [2.05, 4.69) is 4.98 Å². The van der Waals surface area contributed by atoms with Gasteiger partial charge < -0.3 is 34.3 Å². The first-order valence-corrected chi connectivity index (χ1v) is 9.36. The third-order valence-corrected chi connectivity index (χ3v) is 5.07. The number of rotatable bonds is 4. The van der Waals surface area contributed by atoms with E-state index in [0.29, 0.717) is 16.8 Å². The summed E-state index contributed by atoms with van der Waals surface area (Å²) < 4.78 is 16.6. The van der Waals surface area contributed by atoms with Crippen LogP contribution >= 0.6 is 11.3 Å². The average molecular weight is 407 g/mol. The molecule has 5 unspecified atom stereocenters. The van der Waals surface area contributed by atoms with E-state index < -0.39 is 37.3 Å². The number of thiazole rings is 1. The molecule has 1 aromatic carbocycles. The van der Waals surface area contributed by atoms with E-state index >= 15 is 0 Å². The smallest absolute Gasteiger partial charge is 0.229 e. The Morgan fingerprint density at radius 3 is 2.68 bits per heavy atom. The predicted octanol–water partition coefficient (Wildman–Crippen LogP) is 0.0952. The van der Waals surface area contributed by atoms with Crippen molar-refractivity contribution in [3.8, 4) is 17.2 Å². The van der Waals surface area contributed by atoms with E-state index in [-0.39, 0.29) is 16.8 Å². The first kappa shape index (κ1) is 19.0. The molecule has 3 aromatic rings. The highest BCUT2D eigenvalue weighted by atomic mass is 32.1. The molecule has 28 heavy (non-hydrogen) atoms. The van der Waals surface area contributed by atoms with Crippen molar-refractivity contribution < 1.29 is 34.3 Å². The second-order valence-corrected chi connectivity index (χ2v) is 7.04. The minimum atomic E-state index is -1.55. The van der Waals surface area contributed by atoms with Gasteiger partial charge in [-0.25, -0.2) is 4.98 Å². The Balaban J connectivity index is 1.65. The van der Waals surface area contributed by atoms with Crippen molar-refractivity contribution in [2.24, 2.45) is 0 Å². The zero-order valence-corrected chi connectivity index (χ0v) is 15.2. The molecule has 0 spiro atoms. The van der Waals surface area contributed by atoms with Crippen LogP contribution in [-0.2, 0) is 4.74 Å². The summed E-state index contributed by atoms with van der Waals surface area (Å²) in [5.41, 5.74) is 2.16. The van der Waals surface area contributed by atoms with Crippen LogP contribution < -0.4 is 10.2 Å². The maximum absolute atomic E-state index is 12.3. The standard InChI is InChI=1S/C18H17NO8S/c20-5-14-15(22)16(23)17(24)18(27-14)25-8-1-2-9-11(21)4-13(26-12(9)3-8)10-6-28-7-19-10/h1-4,6-7,14-18,20,22-24H,5H2. The van der Waals surface area contributed by atoms with Crippen molar-refractivity contribution in [1.29, 1.82) is 0 Å². The molecule has 4 rings (SSSR count). The number of ether oxygens (including phenoxy) is 2. The largest absolute Gasteiger partial charge is 0.462 e. The summed E-state index contributed by atoms with van der Waals surface area (Å²) in [7, 11) is 0. The molecule has 0 saturated carbocycles. The van der Waals surface area contributed by atoms with Gasteiger partial charge in [-0.2, -0.15) is 0 Å². The molecular weight excluding hydrogens is 390 g/mol. The summed E-state index contributed by atoms with van der Waals surface area (Å²) in [6, 6.07) is 5.80. The maximum atomic E-state index is 12.3. The van der Waals surface area contributed by atoms with Gasteiger partial charge in [0.25, 0.3) is 0 Å². The van der Waals surface area contributed by atoms with Crippen molar-refractivity contribution >= 4 is 22.3 Å². The fraction of sp³-hybridized carbons (Fsp3) is 0.333. The van der Waals surface area contributed by atoms with Crippen LogP contribution in [-0.4, -0.2) is 62.7 Å². The monoisotopic (exact) mass is 407 g/mol. The predicted molar refractivity (Wildman–Crippen MR) is 98.0 cm³/mol. The average Bonchev–Trinajstić information content (AvgIpc) is 3.23. The van der Waals surface area contributed by atoms with E-state index in [4.69, 9.17) is 13.9 Å². The Hall–Kier alpha value is -2.34. The molecule has 2 aromatic heterocycles. The topological polar surface area (TPSA) is 142 Å². The highest BCUT2D eigenvalue weighted by Crippen LogP contribution is 2.28. The van der Waals surface area contributed by atoms with Gasteiger partial charge in [-0.1, -0.05) is 0 Å². The number of aliphatic hydroxyl groups is 4. The molecule has 9 nitrogen and oxygen atoms in total. The molecule has 1 aliphatic heterocycles. The molecule has 148 valence electrons. The highest BCUT2D eigenvalue weighted by molar-refractivity contribution is 7.07. The summed E-state index contributed by atoms with van der Waals surface area (Å²) in [6.45, 7) is -0.561. The van der Waals surface area contributed by atoms with E-state index in [0.717, 1.165) is 0 Å². The van der Waals surface area contributed by atoms with Gasteiger partial charge in [0.1, 0.15) is 41.4 Å². The van der Waals surface area contributed by atoms with E-state index in [9.17, 15) is 25.2 Å². The maximum Gasteiger partial charge on any atom is 0.229 e. The quantitative estimate of drug-likeness (QED) is 0.473. The minimum Gasteiger partial charge on any atom is -0.462 e. The summed E-state index contributed by atoms with van der Waals surface area (Å²) >= 11 is 1.37. The fourth-order valence-electron chi connectivity index (χ4n) is 2.97. The molecule has 5 atom stereocenters. The Kier molecular flexibility index (Phi) is 5.15. The number of hydrogen-bond acceptors (Lipinski definition) is 10. The molecule has 4 N–H and O–H groups in total. The van der Waals surface area contributed by atoms with Crippen LogP contribution in [0.5, 0.6) is 5.75 Å². The number of nitrogens with zero attached hydrogens (tertiary/aromatic N) is 1. The van der Waals surface area contributed by atoms with Gasteiger partial charge >= 0.3 is 0 Å². The first-order valence-electron chi connectivity index (χ1n) is 8.41. The van der Waals surface area contributed by atoms with Crippen LogP contribution in [0.1, 0.15) is 0 Å². The lowest BCUT2D eigenvalue weighted by Crippen LogP contribution is -2.60. The normalized spacial score (nSPS) is 27.8. The zero-order valence-electron chi connectivity index (χ0n) is 14.3. The number of aliphatic hydroxyl groups excluding tert-OH is 4. The first-order chi connectivity index (χ1) is 13.5. The molecule has 3 heterocycles. The van der Waals surface area contributed by atoms with E-state index in [1.165, 1.54) is 35.6 Å². The summed E-state index contributed by atoms with van der Waals surface area (Å²) in [5, 5.41) is 41.1. The molecule has 1 aliphatic rings. The lowest BCUT2D eigenvalue weighted by molar-refractivity contribution is -0.277. The lowest BCUT2D eigenvalue weighted by Gasteiger charge is -2.39.